The van der Waals surface area contributed by atoms with Gasteiger partial charge >= 0.3 is 0 Å². The van der Waals surface area contributed by atoms with Gasteiger partial charge in [0.2, 0.25) is 0 Å². The summed E-state index contributed by atoms with van der Waals surface area (Å²) in [5, 5.41) is 10.5. The number of benzene rings is 2. The molecule has 1 heteroatoms. The van der Waals surface area contributed by atoms with Crippen LogP contribution >= 0.6 is 0 Å². The van der Waals surface area contributed by atoms with Gasteiger partial charge in [-0.2, -0.15) is 0 Å². The second kappa shape index (κ2) is 6.91. The summed E-state index contributed by atoms with van der Waals surface area (Å²) < 4.78 is 0. The van der Waals surface area contributed by atoms with Crippen LogP contribution in [0.3, 0.4) is 0 Å². The van der Waals surface area contributed by atoms with Crippen LogP contribution in [-0.2, 0) is 12.8 Å². The van der Waals surface area contributed by atoms with E-state index in [4.69, 9.17) is 0 Å². The molecule has 0 radical (unpaired) electrons. The van der Waals surface area contributed by atoms with E-state index in [2.05, 4.69) is 64.1 Å². The third-order valence-electron chi connectivity index (χ3n) is 3.69. The van der Waals surface area contributed by atoms with Crippen molar-refractivity contribution in [1.29, 1.82) is 0 Å². The maximum absolute atomic E-state index is 10.5. The highest BCUT2D eigenvalue weighted by molar-refractivity contribution is 5.31. The number of aryl methyl sites for hydroxylation is 2. The van der Waals surface area contributed by atoms with Crippen molar-refractivity contribution >= 4 is 0 Å². The molecule has 0 amide bonds. The molecule has 1 N–H and O–H groups in total. The van der Waals surface area contributed by atoms with Crippen LogP contribution in [-0.4, -0.2) is 5.11 Å². The van der Waals surface area contributed by atoms with Crippen molar-refractivity contribution in [1.82, 2.24) is 0 Å². The van der Waals surface area contributed by atoms with Crippen LogP contribution in [0, 0.1) is 19.8 Å². The lowest BCUT2D eigenvalue weighted by atomic mass is 9.95. The first-order chi connectivity index (χ1) is 9.94. The molecule has 1 nitrogen and oxygen atoms in total. The van der Waals surface area contributed by atoms with E-state index in [1.54, 1.807) is 0 Å². The molecular formula is C20H26O. The van der Waals surface area contributed by atoms with Crippen molar-refractivity contribution < 1.29 is 5.11 Å². The van der Waals surface area contributed by atoms with Crippen LogP contribution in [0.2, 0.25) is 0 Å². The van der Waals surface area contributed by atoms with E-state index in [0.29, 0.717) is 12.3 Å². The predicted octanol–water partition coefficient (Wildman–Crippen LogP) is 4.78. The number of hydrogen-bond acceptors (Lipinski definition) is 1. The molecule has 0 aromatic heterocycles. The van der Waals surface area contributed by atoms with Crippen LogP contribution in [0.5, 0.6) is 0 Å². The van der Waals surface area contributed by atoms with Crippen molar-refractivity contribution in [2.45, 2.75) is 46.6 Å². The Kier molecular flexibility index (Phi) is 5.19. The first kappa shape index (κ1) is 15.8. The smallest absolute Gasteiger partial charge is 0.0830 e. The summed E-state index contributed by atoms with van der Waals surface area (Å²) in [6.07, 6.45) is 1.30. The molecule has 1 unspecified atom stereocenters. The maximum Gasteiger partial charge on any atom is 0.0830 e. The molecule has 1 atom stereocenters. The number of aliphatic hydroxyl groups excluding tert-OH is 1. The highest BCUT2D eigenvalue weighted by Crippen LogP contribution is 2.22. The molecule has 0 aliphatic rings. The van der Waals surface area contributed by atoms with E-state index >= 15 is 0 Å². The minimum absolute atomic E-state index is 0.432. The van der Waals surface area contributed by atoms with Gasteiger partial charge in [0, 0.05) is 6.42 Å². The summed E-state index contributed by atoms with van der Waals surface area (Å²) in [6, 6.07) is 14.9. The zero-order chi connectivity index (χ0) is 15.4. The second-order valence-electron chi connectivity index (χ2n) is 6.56. The predicted molar refractivity (Wildman–Crippen MR) is 89.6 cm³/mol. The van der Waals surface area contributed by atoms with Crippen LogP contribution in [0.25, 0.3) is 0 Å². The number of hydrogen-bond donors (Lipinski definition) is 1. The van der Waals surface area contributed by atoms with Crippen molar-refractivity contribution in [3.63, 3.8) is 0 Å². The third kappa shape index (κ3) is 4.71. The number of aliphatic hydroxyl groups is 1. The van der Waals surface area contributed by atoms with Gasteiger partial charge in [-0.25, -0.2) is 0 Å². The lowest BCUT2D eigenvalue weighted by Crippen LogP contribution is -2.04. The normalized spacial score (nSPS) is 12.7. The highest BCUT2D eigenvalue weighted by Gasteiger charge is 2.10. The Bertz CT molecular complexity index is 578. The maximum atomic E-state index is 10.5. The first-order valence-corrected chi connectivity index (χ1v) is 7.78. The van der Waals surface area contributed by atoms with Gasteiger partial charge in [-0.1, -0.05) is 67.4 Å². The molecule has 112 valence electrons. The van der Waals surface area contributed by atoms with Gasteiger partial charge in [0.1, 0.15) is 0 Å². The molecule has 0 saturated carbocycles. The van der Waals surface area contributed by atoms with Crippen molar-refractivity contribution in [2.24, 2.45) is 5.92 Å². The third-order valence-corrected chi connectivity index (χ3v) is 3.69. The minimum atomic E-state index is -0.432. The van der Waals surface area contributed by atoms with E-state index in [1.807, 2.05) is 6.07 Å². The highest BCUT2D eigenvalue weighted by atomic mass is 16.3. The fourth-order valence-corrected chi connectivity index (χ4v) is 2.93. The standard InChI is InChI=1S/C20H26O/c1-14(2)8-17-6-5-7-19(12-17)20(21)13-18-10-15(3)9-16(4)11-18/h5-7,9-12,14,20-21H,8,13H2,1-4H3. The molecule has 0 aliphatic heterocycles. The zero-order valence-corrected chi connectivity index (χ0v) is 13.6. The molecule has 0 aliphatic carbocycles. The van der Waals surface area contributed by atoms with Crippen LogP contribution < -0.4 is 0 Å². The topological polar surface area (TPSA) is 20.2 Å². The van der Waals surface area contributed by atoms with E-state index in [1.165, 1.54) is 22.3 Å². The SMILES string of the molecule is Cc1cc(C)cc(CC(O)c2cccc(CC(C)C)c2)c1. The average Bonchev–Trinajstić information content (AvgIpc) is 2.36. The zero-order valence-electron chi connectivity index (χ0n) is 13.6. The molecule has 21 heavy (non-hydrogen) atoms. The van der Waals surface area contributed by atoms with Gasteiger partial charge in [-0.05, 0) is 42.9 Å². The molecular weight excluding hydrogens is 256 g/mol. The Labute approximate surface area is 128 Å². The first-order valence-electron chi connectivity index (χ1n) is 7.78. The quantitative estimate of drug-likeness (QED) is 0.837. The molecule has 0 spiro atoms. The Hall–Kier alpha value is -1.60. The molecule has 0 fully saturated rings. The van der Waals surface area contributed by atoms with Gasteiger partial charge in [-0.15, -0.1) is 0 Å². The second-order valence-corrected chi connectivity index (χ2v) is 6.56. The molecule has 2 rings (SSSR count). The largest absolute Gasteiger partial charge is 0.388 e. The van der Waals surface area contributed by atoms with Gasteiger partial charge < -0.3 is 5.11 Å². The number of rotatable bonds is 5. The summed E-state index contributed by atoms with van der Waals surface area (Å²) in [4.78, 5) is 0. The molecule has 0 saturated heterocycles. The van der Waals surface area contributed by atoms with E-state index in [9.17, 15) is 5.11 Å². The molecule has 2 aromatic rings. The Morgan fingerprint density at radius 2 is 1.52 bits per heavy atom. The fraction of sp³-hybridized carbons (Fsp3) is 0.400. The average molecular weight is 282 g/mol. The van der Waals surface area contributed by atoms with E-state index in [0.717, 1.165) is 12.0 Å². The Morgan fingerprint density at radius 1 is 0.857 bits per heavy atom. The van der Waals surface area contributed by atoms with Gasteiger partial charge in [-0.3, -0.25) is 0 Å². The van der Waals surface area contributed by atoms with E-state index < -0.39 is 6.10 Å². The molecule has 2 aromatic carbocycles. The summed E-state index contributed by atoms with van der Waals surface area (Å²) in [7, 11) is 0. The summed E-state index contributed by atoms with van der Waals surface area (Å²) in [6.45, 7) is 8.65. The van der Waals surface area contributed by atoms with Crippen molar-refractivity contribution in [3.8, 4) is 0 Å². The van der Waals surface area contributed by atoms with Gasteiger partial charge in [0.25, 0.3) is 0 Å². The van der Waals surface area contributed by atoms with Gasteiger partial charge in [0.15, 0.2) is 0 Å². The van der Waals surface area contributed by atoms with Crippen molar-refractivity contribution in [3.05, 3.63) is 70.3 Å². The van der Waals surface area contributed by atoms with Crippen molar-refractivity contribution in [2.75, 3.05) is 0 Å². The lowest BCUT2D eigenvalue weighted by molar-refractivity contribution is 0.178. The summed E-state index contributed by atoms with van der Waals surface area (Å²) >= 11 is 0. The fourth-order valence-electron chi connectivity index (χ4n) is 2.93. The molecule has 0 heterocycles. The Morgan fingerprint density at radius 3 is 2.14 bits per heavy atom. The lowest BCUT2D eigenvalue weighted by Gasteiger charge is -2.14. The van der Waals surface area contributed by atoms with E-state index in [-0.39, 0.29) is 0 Å². The molecule has 0 bridgehead atoms. The van der Waals surface area contributed by atoms with Crippen LogP contribution in [0.15, 0.2) is 42.5 Å². The minimum Gasteiger partial charge on any atom is -0.388 e. The summed E-state index contributed by atoms with van der Waals surface area (Å²) in [5.41, 5.74) is 6.04. The van der Waals surface area contributed by atoms with Crippen LogP contribution in [0.1, 0.15) is 47.8 Å². The van der Waals surface area contributed by atoms with Gasteiger partial charge in [0.05, 0.1) is 6.10 Å². The summed E-state index contributed by atoms with van der Waals surface area (Å²) in [5.74, 6) is 0.636. The monoisotopic (exact) mass is 282 g/mol. The Balaban J connectivity index is 2.14. The van der Waals surface area contributed by atoms with Crippen LogP contribution in [0.4, 0.5) is 0 Å².